The molecular weight excluding hydrogens is 369 g/mol. The Kier molecular flexibility index (Phi) is 4.06. The summed E-state index contributed by atoms with van der Waals surface area (Å²) in [5.74, 6) is -0.367. The lowest BCUT2D eigenvalue weighted by atomic mass is 10.1. The molecular formula is C23H20FN3O2. The lowest BCUT2D eigenvalue weighted by Gasteiger charge is -2.20. The Hall–Kier alpha value is -3.33. The fraction of sp³-hybridized carbons (Fsp3) is 0.304. The van der Waals surface area contributed by atoms with E-state index < -0.39 is 5.82 Å². The van der Waals surface area contributed by atoms with Crippen LogP contribution in [-0.2, 0) is 0 Å². The molecule has 2 heterocycles. The maximum absolute atomic E-state index is 14.7. The van der Waals surface area contributed by atoms with Gasteiger partial charge < -0.3 is 14.3 Å². The highest BCUT2D eigenvalue weighted by Gasteiger charge is 2.25. The molecule has 0 aliphatic heterocycles. The number of H-pyrrole nitrogens is 1. The maximum Gasteiger partial charge on any atom is 0.199 e. The summed E-state index contributed by atoms with van der Waals surface area (Å²) in [6.07, 6.45) is 4.19. The summed E-state index contributed by atoms with van der Waals surface area (Å²) in [5.41, 5.74) is 2.40. The molecule has 0 saturated heterocycles. The number of nitrogens with one attached hydrogen (secondary N) is 1. The molecule has 0 bridgehead atoms. The van der Waals surface area contributed by atoms with Crippen LogP contribution in [0.15, 0.2) is 35.1 Å². The summed E-state index contributed by atoms with van der Waals surface area (Å²) in [7, 11) is 0. The first kappa shape index (κ1) is 17.7. The topological polar surface area (TPSA) is 70.8 Å². The van der Waals surface area contributed by atoms with Gasteiger partial charge in [0.05, 0.1) is 34.5 Å². The van der Waals surface area contributed by atoms with Crippen molar-refractivity contribution < 1.29 is 9.13 Å². The van der Waals surface area contributed by atoms with Crippen molar-refractivity contribution in [2.24, 2.45) is 0 Å². The molecule has 4 aromatic rings. The molecule has 5 nitrogen and oxygen atoms in total. The average molecular weight is 389 g/mol. The van der Waals surface area contributed by atoms with Crippen molar-refractivity contribution in [3.05, 3.63) is 51.9 Å². The second kappa shape index (κ2) is 6.63. The first-order valence-corrected chi connectivity index (χ1v) is 9.98. The molecule has 0 atom stereocenters. The van der Waals surface area contributed by atoms with Gasteiger partial charge in [-0.3, -0.25) is 4.79 Å². The quantitative estimate of drug-likeness (QED) is 0.526. The molecule has 6 heteroatoms. The highest BCUT2D eigenvalue weighted by atomic mass is 19.1. The molecule has 0 radical (unpaired) electrons. The standard InChI is InChI=1S/C23H20FN3O2/c1-2-29-20-10-16-19(11-17(20)24)27(14-5-3-4-6-14)23-21(22(16)28)15-8-7-13(12-25)9-18(15)26-23/h7-11,14,26H,2-6H2,1H3. The Labute approximate surface area is 166 Å². The number of halogens is 1. The molecule has 1 aliphatic carbocycles. The summed E-state index contributed by atoms with van der Waals surface area (Å²) in [5, 5.41) is 11.1. The van der Waals surface area contributed by atoms with Crippen molar-refractivity contribution in [1.82, 2.24) is 9.55 Å². The van der Waals surface area contributed by atoms with Crippen molar-refractivity contribution >= 4 is 32.8 Å². The van der Waals surface area contributed by atoms with Gasteiger partial charge >= 0.3 is 0 Å². The number of fused-ring (bicyclic) bond motifs is 4. The summed E-state index contributed by atoms with van der Waals surface area (Å²) in [6.45, 7) is 2.11. The van der Waals surface area contributed by atoms with Crippen LogP contribution in [0.5, 0.6) is 5.75 Å². The minimum absolute atomic E-state index is 0.0982. The number of ether oxygens (including phenoxy) is 1. The highest BCUT2D eigenvalue weighted by Crippen LogP contribution is 2.37. The van der Waals surface area contributed by atoms with Crippen LogP contribution < -0.4 is 10.2 Å². The Morgan fingerprint density at radius 2 is 2.03 bits per heavy atom. The lowest BCUT2D eigenvalue weighted by molar-refractivity contribution is 0.322. The van der Waals surface area contributed by atoms with E-state index >= 15 is 0 Å². The van der Waals surface area contributed by atoms with Crippen molar-refractivity contribution in [3.8, 4) is 11.8 Å². The van der Waals surface area contributed by atoms with Gasteiger partial charge in [-0.05, 0) is 38.0 Å². The first-order chi connectivity index (χ1) is 14.1. The highest BCUT2D eigenvalue weighted by molar-refractivity contribution is 6.10. The third kappa shape index (κ3) is 2.61. The zero-order valence-corrected chi connectivity index (χ0v) is 16.1. The second-order valence-electron chi connectivity index (χ2n) is 7.59. The molecule has 29 heavy (non-hydrogen) atoms. The molecule has 0 amide bonds. The predicted molar refractivity (Wildman–Crippen MR) is 111 cm³/mol. The predicted octanol–water partition coefficient (Wildman–Crippen LogP) is 5.16. The SMILES string of the molecule is CCOc1cc2c(=O)c3c4ccc(C#N)cc4[nH]c3n(C3CCCC3)c2cc1F. The van der Waals surface area contributed by atoms with E-state index in [0.717, 1.165) is 36.6 Å². The Balaban J connectivity index is 1.97. The Morgan fingerprint density at radius 3 is 2.76 bits per heavy atom. The van der Waals surface area contributed by atoms with E-state index in [2.05, 4.69) is 15.6 Å². The zero-order chi connectivity index (χ0) is 20.1. The summed E-state index contributed by atoms with van der Waals surface area (Å²) in [6, 6.07) is 10.6. The Bertz CT molecular complexity index is 1370. The molecule has 1 fully saturated rings. The molecule has 0 unspecified atom stereocenters. The molecule has 1 saturated carbocycles. The lowest BCUT2D eigenvalue weighted by Crippen LogP contribution is -2.15. The number of pyridine rings is 1. The van der Waals surface area contributed by atoms with Crippen LogP contribution in [0, 0.1) is 17.1 Å². The van der Waals surface area contributed by atoms with E-state index in [1.54, 1.807) is 19.1 Å². The normalized spacial score (nSPS) is 14.8. The monoisotopic (exact) mass is 389 g/mol. The van der Waals surface area contributed by atoms with Gasteiger partial charge in [0.25, 0.3) is 0 Å². The summed E-state index contributed by atoms with van der Waals surface area (Å²) >= 11 is 0. The third-order valence-corrected chi connectivity index (χ3v) is 5.92. The smallest absolute Gasteiger partial charge is 0.199 e. The number of aromatic nitrogens is 2. The number of nitrogens with zero attached hydrogens (tertiary/aromatic N) is 2. The number of hydrogen-bond acceptors (Lipinski definition) is 3. The van der Waals surface area contributed by atoms with Gasteiger partial charge in [0.2, 0.25) is 0 Å². The van der Waals surface area contributed by atoms with Gasteiger partial charge in [0.1, 0.15) is 5.65 Å². The van der Waals surface area contributed by atoms with E-state index in [4.69, 9.17) is 4.74 Å². The van der Waals surface area contributed by atoms with E-state index in [0.29, 0.717) is 34.1 Å². The minimum Gasteiger partial charge on any atom is -0.491 e. The molecule has 1 N–H and O–H groups in total. The number of aromatic amines is 1. The van der Waals surface area contributed by atoms with Crippen molar-refractivity contribution in [2.75, 3.05) is 6.61 Å². The van der Waals surface area contributed by atoms with E-state index in [1.165, 1.54) is 12.1 Å². The fourth-order valence-electron chi connectivity index (χ4n) is 4.65. The summed E-state index contributed by atoms with van der Waals surface area (Å²) in [4.78, 5) is 16.8. The van der Waals surface area contributed by atoms with Gasteiger partial charge in [-0.1, -0.05) is 18.9 Å². The van der Waals surface area contributed by atoms with Crippen LogP contribution in [0.2, 0.25) is 0 Å². The van der Waals surface area contributed by atoms with E-state index in [9.17, 15) is 14.4 Å². The van der Waals surface area contributed by atoms with E-state index in [1.807, 2.05) is 6.07 Å². The van der Waals surface area contributed by atoms with Crippen LogP contribution in [0.25, 0.3) is 32.8 Å². The molecule has 1 aliphatic rings. The van der Waals surface area contributed by atoms with E-state index in [-0.39, 0.29) is 17.2 Å². The van der Waals surface area contributed by atoms with Gasteiger partial charge in [0.15, 0.2) is 17.0 Å². The number of nitriles is 1. The molecule has 2 aromatic heterocycles. The van der Waals surface area contributed by atoms with Crippen molar-refractivity contribution in [2.45, 2.75) is 38.6 Å². The molecule has 5 rings (SSSR count). The van der Waals surface area contributed by atoms with Gasteiger partial charge in [-0.2, -0.15) is 5.26 Å². The van der Waals surface area contributed by atoms with Gasteiger partial charge in [-0.15, -0.1) is 0 Å². The van der Waals surface area contributed by atoms with Crippen LogP contribution in [-0.4, -0.2) is 16.2 Å². The largest absolute Gasteiger partial charge is 0.491 e. The third-order valence-electron chi connectivity index (χ3n) is 5.92. The zero-order valence-electron chi connectivity index (χ0n) is 16.1. The van der Waals surface area contributed by atoms with Crippen molar-refractivity contribution in [3.63, 3.8) is 0 Å². The van der Waals surface area contributed by atoms with Crippen LogP contribution in [0.1, 0.15) is 44.2 Å². The van der Waals surface area contributed by atoms with Gasteiger partial charge in [0, 0.05) is 23.0 Å². The average Bonchev–Trinajstić information content (AvgIpc) is 3.37. The number of benzene rings is 2. The minimum atomic E-state index is -0.465. The van der Waals surface area contributed by atoms with Gasteiger partial charge in [-0.25, -0.2) is 4.39 Å². The molecule has 2 aromatic carbocycles. The van der Waals surface area contributed by atoms with Crippen molar-refractivity contribution in [1.29, 1.82) is 5.26 Å². The molecule has 146 valence electrons. The van der Waals surface area contributed by atoms with Crippen LogP contribution in [0.3, 0.4) is 0 Å². The maximum atomic E-state index is 14.7. The second-order valence-corrected chi connectivity index (χ2v) is 7.59. The fourth-order valence-corrected chi connectivity index (χ4v) is 4.65. The Morgan fingerprint density at radius 1 is 1.24 bits per heavy atom. The number of rotatable bonds is 3. The molecule has 0 spiro atoms. The first-order valence-electron chi connectivity index (χ1n) is 9.98. The van der Waals surface area contributed by atoms with Crippen LogP contribution in [0.4, 0.5) is 4.39 Å². The van der Waals surface area contributed by atoms with Crippen LogP contribution >= 0.6 is 0 Å². The number of hydrogen-bond donors (Lipinski definition) is 1. The summed E-state index contributed by atoms with van der Waals surface area (Å²) < 4.78 is 22.2.